The lowest BCUT2D eigenvalue weighted by atomic mass is 10.2. The zero-order valence-corrected chi connectivity index (χ0v) is 14.3. The minimum absolute atomic E-state index is 0.0498. The van der Waals surface area contributed by atoms with Crippen LogP contribution < -0.4 is 9.57 Å². The number of hydrazone groups is 1. The Balaban J connectivity index is 2.25. The van der Waals surface area contributed by atoms with Gasteiger partial charge in [0, 0.05) is 5.56 Å². The molecule has 0 aliphatic carbocycles. The fraction of sp³-hybridized carbons (Fsp3) is 0.188. The Morgan fingerprint density at radius 1 is 1.17 bits per heavy atom. The van der Waals surface area contributed by atoms with Crippen LogP contribution in [0.15, 0.2) is 40.3 Å². The largest absolute Gasteiger partial charge is 0.504 e. The highest BCUT2D eigenvalue weighted by Crippen LogP contribution is 2.35. The third-order valence-corrected chi connectivity index (χ3v) is 4.68. The summed E-state index contributed by atoms with van der Waals surface area (Å²) in [6.45, 7) is 3.49. The van der Waals surface area contributed by atoms with Crippen LogP contribution in [-0.2, 0) is 10.0 Å². The van der Waals surface area contributed by atoms with Crippen molar-refractivity contribution in [3.63, 3.8) is 0 Å². The van der Waals surface area contributed by atoms with Crippen LogP contribution in [0.5, 0.6) is 17.2 Å². The number of aromatic hydroxyl groups is 2. The van der Waals surface area contributed by atoms with Crippen molar-refractivity contribution in [2.45, 2.75) is 18.7 Å². The Bertz CT molecular complexity index is 892. The molecule has 0 saturated heterocycles. The first-order valence-electron chi connectivity index (χ1n) is 6.96. The Kier molecular flexibility index (Phi) is 4.99. The van der Waals surface area contributed by atoms with E-state index in [0.29, 0.717) is 11.1 Å². The van der Waals surface area contributed by atoms with Gasteiger partial charge < -0.3 is 14.9 Å². The van der Waals surface area contributed by atoms with Crippen molar-refractivity contribution >= 4 is 16.2 Å². The van der Waals surface area contributed by atoms with Gasteiger partial charge in [-0.2, -0.15) is 13.5 Å². The van der Waals surface area contributed by atoms with Crippen molar-refractivity contribution in [3.8, 4) is 17.2 Å². The van der Waals surface area contributed by atoms with Crippen molar-refractivity contribution in [3.05, 3.63) is 47.0 Å². The maximum atomic E-state index is 12.3. The van der Waals surface area contributed by atoms with Gasteiger partial charge in [-0.15, -0.1) is 0 Å². The van der Waals surface area contributed by atoms with Gasteiger partial charge in [0.25, 0.3) is 10.0 Å². The zero-order valence-electron chi connectivity index (χ0n) is 13.4. The standard InChI is InChI=1S/C16H18N2O5S/c1-10-4-5-11(2)15(6-10)24(21,22)18-17-9-12-7-13(19)16(20)14(8-12)23-3/h4-9,18-20H,1-3H3/b17-9+. The molecule has 0 aliphatic rings. The average Bonchev–Trinajstić information content (AvgIpc) is 2.52. The minimum Gasteiger partial charge on any atom is -0.504 e. The van der Waals surface area contributed by atoms with Crippen LogP contribution in [-0.4, -0.2) is 32.0 Å². The molecule has 7 nitrogen and oxygen atoms in total. The van der Waals surface area contributed by atoms with Crippen molar-refractivity contribution < 1.29 is 23.4 Å². The summed E-state index contributed by atoms with van der Waals surface area (Å²) in [6.07, 6.45) is 1.20. The number of rotatable bonds is 5. The summed E-state index contributed by atoms with van der Waals surface area (Å²) in [4.78, 5) is 2.26. The lowest BCUT2D eigenvalue weighted by molar-refractivity contribution is 0.351. The Morgan fingerprint density at radius 2 is 1.88 bits per heavy atom. The lowest BCUT2D eigenvalue weighted by Gasteiger charge is -2.08. The summed E-state index contributed by atoms with van der Waals surface area (Å²) >= 11 is 0. The fourth-order valence-electron chi connectivity index (χ4n) is 2.06. The summed E-state index contributed by atoms with van der Waals surface area (Å²) in [5.41, 5.74) is 1.77. The van der Waals surface area contributed by atoms with Gasteiger partial charge >= 0.3 is 0 Å². The summed E-state index contributed by atoms with van der Waals surface area (Å²) < 4.78 is 29.5. The van der Waals surface area contributed by atoms with Crippen LogP contribution in [0.25, 0.3) is 0 Å². The number of hydrogen-bond acceptors (Lipinski definition) is 6. The van der Waals surface area contributed by atoms with Crippen LogP contribution in [0, 0.1) is 13.8 Å². The van der Waals surface area contributed by atoms with Gasteiger partial charge in [0.05, 0.1) is 18.2 Å². The molecule has 0 spiro atoms. The maximum Gasteiger partial charge on any atom is 0.276 e. The molecule has 0 bridgehead atoms. The molecular formula is C16H18N2O5S. The third-order valence-electron chi connectivity index (χ3n) is 3.32. The highest BCUT2D eigenvalue weighted by Gasteiger charge is 2.16. The number of phenols is 2. The number of hydrogen-bond donors (Lipinski definition) is 3. The van der Waals surface area contributed by atoms with E-state index in [0.717, 1.165) is 5.56 Å². The molecule has 0 unspecified atom stereocenters. The minimum atomic E-state index is -3.81. The molecule has 3 N–H and O–H groups in total. The van der Waals surface area contributed by atoms with Gasteiger partial charge in [0.2, 0.25) is 5.75 Å². The number of sulfonamides is 1. The van der Waals surface area contributed by atoms with E-state index in [9.17, 15) is 18.6 Å². The van der Waals surface area contributed by atoms with E-state index in [2.05, 4.69) is 9.93 Å². The van der Waals surface area contributed by atoms with Gasteiger partial charge in [-0.3, -0.25) is 0 Å². The van der Waals surface area contributed by atoms with Gasteiger partial charge in [-0.1, -0.05) is 12.1 Å². The summed E-state index contributed by atoms with van der Waals surface area (Å²) in [7, 11) is -2.48. The molecule has 2 aromatic rings. The van der Waals surface area contributed by atoms with Crippen LogP contribution in [0.4, 0.5) is 0 Å². The highest BCUT2D eigenvalue weighted by molar-refractivity contribution is 7.89. The molecule has 2 rings (SSSR count). The van der Waals surface area contributed by atoms with Crippen molar-refractivity contribution in [1.29, 1.82) is 0 Å². The second-order valence-electron chi connectivity index (χ2n) is 5.21. The number of ether oxygens (including phenoxy) is 1. The quantitative estimate of drug-likeness (QED) is 0.434. The molecule has 0 fully saturated rings. The predicted octanol–water partition coefficient (Wildman–Crippen LogP) is 2.04. The van der Waals surface area contributed by atoms with E-state index in [1.165, 1.54) is 25.5 Å². The molecule has 0 amide bonds. The molecule has 2 aromatic carbocycles. The van der Waals surface area contributed by atoms with Crippen molar-refractivity contribution in [2.75, 3.05) is 7.11 Å². The Hall–Kier alpha value is -2.74. The van der Waals surface area contributed by atoms with E-state index >= 15 is 0 Å². The van der Waals surface area contributed by atoms with E-state index in [4.69, 9.17) is 4.74 Å². The second-order valence-corrected chi connectivity index (χ2v) is 6.84. The topological polar surface area (TPSA) is 108 Å². The van der Waals surface area contributed by atoms with Gasteiger partial charge in [0.15, 0.2) is 11.5 Å². The van der Waals surface area contributed by atoms with Crippen molar-refractivity contribution in [1.82, 2.24) is 4.83 Å². The molecule has 128 valence electrons. The number of nitrogens with zero attached hydrogens (tertiary/aromatic N) is 1. The normalized spacial score (nSPS) is 11.6. The summed E-state index contributed by atoms with van der Waals surface area (Å²) in [5.74, 6) is -0.743. The monoisotopic (exact) mass is 350 g/mol. The van der Waals surface area contributed by atoms with Crippen LogP contribution in [0.2, 0.25) is 0 Å². The number of benzene rings is 2. The molecule has 0 atom stereocenters. The molecule has 8 heteroatoms. The number of methoxy groups -OCH3 is 1. The SMILES string of the molecule is COc1cc(/C=N/NS(=O)(=O)c2cc(C)ccc2C)cc(O)c1O. The lowest BCUT2D eigenvalue weighted by Crippen LogP contribution is -2.19. The van der Waals surface area contributed by atoms with E-state index < -0.39 is 21.5 Å². The second kappa shape index (κ2) is 6.79. The van der Waals surface area contributed by atoms with Crippen LogP contribution in [0.3, 0.4) is 0 Å². The average molecular weight is 350 g/mol. The molecule has 0 aromatic heterocycles. The number of nitrogens with one attached hydrogen (secondary N) is 1. The smallest absolute Gasteiger partial charge is 0.276 e. The first-order chi connectivity index (χ1) is 11.2. The Morgan fingerprint density at radius 3 is 2.54 bits per heavy atom. The third kappa shape index (κ3) is 3.77. The Labute approximate surface area is 140 Å². The molecule has 24 heavy (non-hydrogen) atoms. The fourth-order valence-corrected chi connectivity index (χ4v) is 3.18. The molecule has 0 aliphatic heterocycles. The number of aryl methyl sites for hydroxylation is 2. The van der Waals surface area contributed by atoms with E-state index in [-0.39, 0.29) is 10.6 Å². The molecule has 0 radical (unpaired) electrons. The highest BCUT2D eigenvalue weighted by atomic mass is 32.2. The van der Waals surface area contributed by atoms with Crippen LogP contribution in [0.1, 0.15) is 16.7 Å². The molecule has 0 saturated carbocycles. The first kappa shape index (κ1) is 17.6. The van der Waals surface area contributed by atoms with E-state index in [1.54, 1.807) is 26.0 Å². The van der Waals surface area contributed by atoms with Crippen LogP contribution >= 0.6 is 0 Å². The maximum absolute atomic E-state index is 12.3. The number of phenolic OH excluding ortho intramolecular Hbond substituents is 2. The first-order valence-corrected chi connectivity index (χ1v) is 8.45. The van der Waals surface area contributed by atoms with Crippen molar-refractivity contribution in [2.24, 2.45) is 5.10 Å². The molecule has 0 heterocycles. The molecular weight excluding hydrogens is 332 g/mol. The van der Waals surface area contributed by atoms with E-state index in [1.807, 2.05) is 6.07 Å². The van der Waals surface area contributed by atoms with Gasteiger partial charge in [-0.05, 0) is 43.2 Å². The van der Waals surface area contributed by atoms with Gasteiger partial charge in [0.1, 0.15) is 0 Å². The summed E-state index contributed by atoms with van der Waals surface area (Å²) in [6, 6.07) is 7.74. The predicted molar refractivity (Wildman–Crippen MR) is 90.2 cm³/mol. The van der Waals surface area contributed by atoms with Gasteiger partial charge in [-0.25, -0.2) is 4.83 Å². The zero-order chi connectivity index (χ0) is 17.9. The summed E-state index contributed by atoms with van der Waals surface area (Å²) in [5, 5.41) is 22.8.